The van der Waals surface area contributed by atoms with Gasteiger partial charge in [-0.15, -0.1) is 4.36 Å². The molecular weight excluding hydrogens is 308 g/mol. The number of ether oxygens (including phenoxy) is 1. The summed E-state index contributed by atoms with van der Waals surface area (Å²) in [6.45, 7) is 0. The molecular formula is C10H12N2O6S2. The third-order valence-electron chi connectivity index (χ3n) is 2.15. The number of para-hydroxylation sites is 1. The molecule has 0 aliphatic heterocycles. The van der Waals surface area contributed by atoms with E-state index in [1.807, 2.05) is 0 Å². The third kappa shape index (κ3) is 4.40. The first-order chi connectivity index (χ1) is 9.25. The fourth-order valence-corrected chi connectivity index (χ4v) is 2.47. The van der Waals surface area contributed by atoms with Crippen LogP contribution in [0.1, 0.15) is 0 Å². The van der Waals surface area contributed by atoms with Gasteiger partial charge in [0.1, 0.15) is 10.6 Å². The number of sulfone groups is 1. The average molecular weight is 320 g/mol. The molecule has 1 N–H and O–H groups in total. The lowest BCUT2D eigenvalue weighted by atomic mass is 10.3. The monoisotopic (exact) mass is 320 g/mol. The Kier molecular flexibility index (Phi) is 5.36. The van der Waals surface area contributed by atoms with Crippen LogP contribution in [0.15, 0.2) is 33.5 Å². The first-order valence-electron chi connectivity index (χ1n) is 5.24. The Morgan fingerprint density at radius 3 is 2.45 bits per heavy atom. The summed E-state index contributed by atoms with van der Waals surface area (Å²) in [5.41, 5.74) is 0. The summed E-state index contributed by atoms with van der Waals surface area (Å²) < 4.78 is 51.9. The van der Waals surface area contributed by atoms with Crippen molar-refractivity contribution >= 4 is 26.3 Å². The van der Waals surface area contributed by atoms with Crippen LogP contribution in [0.5, 0.6) is 5.75 Å². The van der Waals surface area contributed by atoms with E-state index in [-0.39, 0.29) is 10.6 Å². The van der Waals surface area contributed by atoms with Gasteiger partial charge in [0.05, 0.1) is 0 Å². The van der Waals surface area contributed by atoms with Crippen molar-refractivity contribution < 1.29 is 26.4 Å². The van der Waals surface area contributed by atoms with E-state index in [0.717, 1.165) is 6.26 Å². The van der Waals surface area contributed by atoms with Crippen molar-refractivity contribution in [3.8, 4) is 5.75 Å². The predicted molar refractivity (Wildman–Crippen MR) is 69.4 cm³/mol. The molecule has 0 radical (unpaired) electrons. The molecule has 1 unspecified atom stereocenters. The molecule has 1 aromatic rings. The first kappa shape index (κ1) is 16.3. The number of esters is 1. The smallest absolute Gasteiger partial charge is 0.352 e. The largest absolute Gasteiger partial charge is 0.423 e. The fourth-order valence-electron chi connectivity index (χ4n) is 1.30. The van der Waals surface area contributed by atoms with Crippen LogP contribution >= 0.6 is 0 Å². The molecule has 0 saturated heterocycles. The minimum atomic E-state index is -3.58. The van der Waals surface area contributed by atoms with Gasteiger partial charge in [-0.3, -0.25) is 5.32 Å². The zero-order valence-electron chi connectivity index (χ0n) is 10.6. The zero-order valence-corrected chi connectivity index (χ0v) is 12.2. The van der Waals surface area contributed by atoms with E-state index in [0.29, 0.717) is 0 Å². The highest BCUT2D eigenvalue weighted by Gasteiger charge is 2.22. The van der Waals surface area contributed by atoms with Gasteiger partial charge in [0, 0.05) is 6.26 Å². The van der Waals surface area contributed by atoms with Gasteiger partial charge in [0.25, 0.3) is 0 Å². The summed E-state index contributed by atoms with van der Waals surface area (Å²) in [6, 6.07) is 5.51. The van der Waals surface area contributed by atoms with Crippen molar-refractivity contribution in [1.29, 1.82) is 0 Å². The van der Waals surface area contributed by atoms with Crippen molar-refractivity contribution in [2.24, 2.45) is 4.36 Å². The van der Waals surface area contributed by atoms with Crippen molar-refractivity contribution in [1.82, 2.24) is 5.32 Å². The third-order valence-corrected chi connectivity index (χ3v) is 3.67. The molecule has 0 aliphatic carbocycles. The molecule has 0 heterocycles. The van der Waals surface area contributed by atoms with Crippen LogP contribution in [-0.2, 0) is 25.1 Å². The predicted octanol–water partition coefficient (Wildman–Crippen LogP) is -0.396. The molecule has 110 valence electrons. The average Bonchev–Trinajstić information content (AvgIpc) is 2.34. The highest BCUT2D eigenvalue weighted by molar-refractivity contribution is 7.90. The number of likely N-dealkylation sites (N-methyl/N-ethyl adjacent to an activating group) is 1. The molecule has 0 bridgehead atoms. The lowest BCUT2D eigenvalue weighted by Gasteiger charge is -2.11. The summed E-state index contributed by atoms with van der Waals surface area (Å²) in [5, 5.41) is 2.33. The summed E-state index contributed by atoms with van der Waals surface area (Å²) in [6.07, 6.45) is -0.479. The number of carbonyl (C=O) groups excluding carboxylic acids is 1. The highest BCUT2D eigenvalue weighted by Crippen LogP contribution is 2.23. The summed E-state index contributed by atoms with van der Waals surface area (Å²) in [4.78, 5) is 11.5. The quantitative estimate of drug-likeness (QED) is 0.579. The van der Waals surface area contributed by atoms with E-state index < -0.39 is 32.5 Å². The Balaban J connectivity index is 3.11. The van der Waals surface area contributed by atoms with Gasteiger partial charge in [0.15, 0.2) is 9.84 Å². The minimum Gasteiger partial charge on any atom is -0.423 e. The van der Waals surface area contributed by atoms with Crippen molar-refractivity contribution in [2.45, 2.75) is 11.1 Å². The molecule has 0 aliphatic rings. The number of hydrogen-bond donors (Lipinski definition) is 1. The van der Waals surface area contributed by atoms with E-state index in [4.69, 9.17) is 4.74 Å². The van der Waals surface area contributed by atoms with Crippen molar-refractivity contribution in [2.75, 3.05) is 13.3 Å². The number of hydrogen-bond acceptors (Lipinski definition) is 8. The summed E-state index contributed by atoms with van der Waals surface area (Å²) in [7, 11) is -5.08. The second-order valence-corrected chi connectivity index (χ2v) is 6.28. The Bertz CT molecular complexity index is 731. The SMILES string of the molecule is CNC(N=S(=O)=O)C(=O)Oc1ccccc1S(C)(=O)=O. The Morgan fingerprint density at radius 2 is 1.95 bits per heavy atom. The molecule has 8 nitrogen and oxygen atoms in total. The van der Waals surface area contributed by atoms with Gasteiger partial charge >= 0.3 is 16.5 Å². The molecule has 20 heavy (non-hydrogen) atoms. The summed E-state index contributed by atoms with van der Waals surface area (Å²) in [5.74, 6) is -1.22. The summed E-state index contributed by atoms with van der Waals surface area (Å²) >= 11 is 0. The van der Waals surface area contributed by atoms with Crippen molar-refractivity contribution in [3.05, 3.63) is 24.3 Å². The second kappa shape index (κ2) is 6.59. The van der Waals surface area contributed by atoms with Crippen LogP contribution in [0.25, 0.3) is 0 Å². The van der Waals surface area contributed by atoms with Crippen LogP contribution in [-0.4, -0.2) is 42.3 Å². The zero-order chi connectivity index (χ0) is 15.3. The molecule has 10 heteroatoms. The molecule has 1 aromatic carbocycles. The standard InChI is InChI=1S/C10H12N2O6S2/c1-11-9(12-19(14)15)10(13)18-7-5-3-4-6-8(7)20(2,16)17/h3-6,9,11H,1-2H3. The number of nitrogens with one attached hydrogen (secondary N) is 1. The van der Waals surface area contributed by atoms with Crippen LogP contribution in [0.3, 0.4) is 0 Å². The number of rotatable bonds is 5. The molecule has 1 rings (SSSR count). The number of nitrogens with zero attached hydrogens (tertiary/aromatic N) is 1. The van der Waals surface area contributed by atoms with Crippen LogP contribution in [0.2, 0.25) is 0 Å². The maximum atomic E-state index is 11.7. The van der Waals surface area contributed by atoms with E-state index >= 15 is 0 Å². The maximum Gasteiger partial charge on any atom is 0.352 e. The van der Waals surface area contributed by atoms with Gasteiger partial charge in [-0.2, -0.15) is 8.42 Å². The van der Waals surface area contributed by atoms with E-state index in [1.54, 1.807) is 0 Å². The lowest BCUT2D eigenvalue weighted by Crippen LogP contribution is -2.35. The Hall–Kier alpha value is -1.78. The minimum absolute atomic E-state index is 0.175. The van der Waals surface area contributed by atoms with Crippen LogP contribution < -0.4 is 10.1 Å². The van der Waals surface area contributed by atoms with Gasteiger partial charge in [0.2, 0.25) is 6.17 Å². The molecule has 0 spiro atoms. The van der Waals surface area contributed by atoms with Crippen molar-refractivity contribution in [3.63, 3.8) is 0 Å². The fraction of sp³-hybridized carbons (Fsp3) is 0.300. The normalized spacial score (nSPS) is 12.5. The Morgan fingerprint density at radius 1 is 1.35 bits per heavy atom. The van der Waals surface area contributed by atoms with Gasteiger partial charge in [-0.1, -0.05) is 12.1 Å². The second-order valence-electron chi connectivity index (χ2n) is 3.65. The van der Waals surface area contributed by atoms with Crippen LogP contribution in [0.4, 0.5) is 0 Å². The number of benzene rings is 1. The molecule has 0 fully saturated rings. The van der Waals surface area contributed by atoms with E-state index in [9.17, 15) is 21.6 Å². The molecule has 0 aromatic heterocycles. The van der Waals surface area contributed by atoms with E-state index in [2.05, 4.69) is 9.68 Å². The topological polar surface area (TPSA) is 119 Å². The van der Waals surface area contributed by atoms with Gasteiger partial charge < -0.3 is 4.74 Å². The van der Waals surface area contributed by atoms with Gasteiger partial charge in [-0.25, -0.2) is 13.2 Å². The lowest BCUT2D eigenvalue weighted by molar-refractivity contribution is -0.136. The Labute approximate surface area is 117 Å². The molecule has 1 atom stereocenters. The first-order valence-corrected chi connectivity index (χ1v) is 8.16. The maximum absolute atomic E-state index is 11.7. The molecule has 0 saturated carbocycles. The van der Waals surface area contributed by atoms with Crippen LogP contribution in [0, 0.1) is 0 Å². The molecule has 0 amide bonds. The van der Waals surface area contributed by atoms with Gasteiger partial charge in [-0.05, 0) is 19.2 Å². The highest BCUT2D eigenvalue weighted by atomic mass is 32.2. The number of carbonyl (C=O) groups is 1. The van der Waals surface area contributed by atoms with E-state index in [1.165, 1.54) is 31.3 Å².